The summed E-state index contributed by atoms with van der Waals surface area (Å²) in [6.45, 7) is -0.212. The van der Waals surface area contributed by atoms with Crippen LogP contribution in [-0.2, 0) is 22.6 Å². The van der Waals surface area contributed by atoms with Crippen molar-refractivity contribution in [2.24, 2.45) is 0 Å². The van der Waals surface area contributed by atoms with E-state index in [0.717, 1.165) is 11.1 Å². The van der Waals surface area contributed by atoms with E-state index in [1.165, 1.54) is 23.1 Å². The van der Waals surface area contributed by atoms with Crippen LogP contribution in [0.15, 0.2) is 72.8 Å². The van der Waals surface area contributed by atoms with Gasteiger partial charge in [-0.05, 0) is 41.5 Å². The van der Waals surface area contributed by atoms with Crippen LogP contribution in [0.2, 0.25) is 15.1 Å². The second kappa shape index (κ2) is 13.0. The summed E-state index contributed by atoms with van der Waals surface area (Å²) >= 11 is 17.9. The van der Waals surface area contributed by atoms with Crippen LogP contribution < -0.4 is 10.1 Å². The average molecular weight is 546 g/mol. The number of ether oxygens (including phenoxy) is 1. The molecule has 36 heavy (non-hydrogen) atoms. The number of likely N-dealkylation sites (N-methyl/N-ethyl adjacent to an activating group) is 1. The molecule has 0 aromatic heterocycles. The topological polar surface area (TPSA) is 85.7 Å². The van der Waals surface area contributed by atoms with Crippen molar-refractivity contribution in [1.29, 1.82) is 5.26 Å². The minimum atomic E-state index is -0.949. The fourth-order valence-electron chi connectivity index (χ4n) is 3.34. The van der Waals surface area contributed by atoms with Crippen LogP contribution in [0.3, 0.4) is 0 Å². The molecular formula is C26H23Cl3N4O3. The minimum Gasteiger partial charge on any atom is -0.482 e. The maximum atomic E-state index is 13.4. The number of hydrazine groups is 1. The predicted octanol–water partition coefficient (Wildman–Crippen LogP) is 5.11. The lowest BCUT2D eigenvalue weighted by molar-refractivity contribution is -0.146. The van der Waals surface area contributed by atoms with Gasteiger partial charge >= 0.3 is 0 Å². The highest BCUT2D eigenvalue weighted by atomic mass is 35.5. The molecule has 0 saturated carbocycles. The monoisotopic (exact) mass is 544 g/mol. The molecular weight excluding hydrogens is 523 g/mol. The molecule has 0 fully saturated rings. The number of carbonyl (C=O) groups is 2. The molecule has 0 spiro atoms. The van der Waals surface area contributed by atoms with Crippen LogP contribution in [0.1, 0.15) is 11.1 Å². The smallest absolute Gasteiger partial charge is 0.264 e. The van der Waals surface area contributed by atoms with E-state index in [1.54, 1.807) is 36.4 Å². The molecule has 2 amide bonds. The molecule has 0 aliphatic rings. The van der Waals surface area contributed by atoms with E-state index in [1.807, 2.05) is 36.5 Å². The third-order valence-electron chi connectivity index (χ3n) is 5.21. The number of nitrogens with one attached hydrogen (secondary N) is 1. The molecule has 7 nitrogen and oxygen atoms in total. The molecule has 3 rings (SSSR count). The Hall–Kier alpha value is -3.44. The molecule has 10 heteroatoms. The van der Waals surface area contributed by atoms with Gasteiger partial charge in [0.2, 0.25) is 0 Å². The fraction of sp³-hybridized carbons (Fsp3) is 0.192. The number of hydrogen-bond acceptors (Lipinski definition) is 5. The van der Waals surface area contributed by atoms with E-state index < -0.39 is 17.9 Å². The first-order valence-corrected chi connectivity index (χ1v) is 12.0. The molecule has 0 aliphatic heterocycles. The average Bonchev–Trinajstić information content (AvgIpc) is 2.87. The van der Waals surface area contributed by atoms with E-state index in [2.05, 4.69) is 5.32 Å². The van der Waals surface area contributed by atoms with Crippen LogP contribution in [-0.4, -0.2) is 41.5 Å². The lowest BCUT2D eigenvalue weighted by Crippen LogP contribution is -2.53. The first-order valence-electron chi connectivity index (χ1n) is 10.9. The second-order valence-corrected chi connectivity index (χ2v) is 9.10. The number of amides is 2. The van der Waals surface area contributed by atoms with Gasteiger partial charge in [0.15, 0.2) is 12.8 Å². The lowest BCUT2D eigenvalue weighted by Gasteiger charge is -2.30. The number of nitrogens with zero attached hydrogens (tertiary/aromatic N) is 3. The van der Waals surface area contributed by atoms with Crippen molar-refractivity contribution in [2.45, 2.75) is 19.0 Å². The van der Waals surface area contributed by atoms with Crippen molar-refractivity contribution < 1.29 is 14.3 Å². The van der Waals surface area contributed by atoms with Crippen molar-refractivity contribution in [3.8, 4) is 11.9 Å². The molecule has 0 radical (unpaired) electrons. The largest absolute Gasteiger partial charge is 0.482 e. The number of halogens is 3. The Balaban J connectivity index is 1.72. The van der Waals surface area contributed by atoms with Crippen LogP contribution in [0.25, 0.3) is 0 Å². The van der Waals surface area contributed by atoms with Gasteiger partial charge in [-0.15, -0.1) is 0 Å². The van der Waals surface area contributed by atoms with E-state index in [9.17, 15) is 14.9 Å². The molecule has 0 aliphatic carbocycles. The van der Waals surface area contributed by atoms with Gasteiger partial charge in [0.05, 0.1) is 11.6 Å². The van der Waals surface area contributed by atoms with E-state index >= 15 is 0 Å². The van der Waals surface area contributed by atoms with E-state index in [4.69, 9.17) is 39.5 Å². The third kappa shape index (κ3) is 7.79. The SMILES string of the molecule is CN(C(=O)[C@H](Cc1ccccc1)NC(=O)COc1ccc(Cl)cc1Cl)N(C#N)Cc1ccc(Cl)cc1. The zero-order valence-corrected chi connectivity index (χ0v) is 21.6. The van der Waals surface area contributed by atoms with Gasteiger partial charge in [-0.25, -0.2) is 10.0 Å². The number of nitriles is 1. The zero-order valence-electron chi connectivity index (χ0n) is 19.3. The molecule has 3 aromatic rings. The van der Waals surface area contributed by atoms with Crippen molar-refractivity contribution in [2.75, 3.05) is 13.7 Å². The van der Waals surface area contributed by atoms with Gasteiger partial charge in [0.25, 0.3) is 11.8 Å². The normalized spacial score (nSPS) is 11.2. The standard InChI is InChI=1S/C26H23Cl3N4O3/c1-32(33(17-30)15-19-7-9-20(27)10-8-19)26(35)23(13-18-5-3-2-4-6-18)31-25(34)16-36-24-12-11-21(28)14-22(24)29/h2-12,14,23H,13,15-16H2,1H3,(H,31,34)/t23-/m0/s1. The number of rotatable bonds is 10. The van der Waals surface area contributed by atoms with Crippen LogP contribution in [0.5, 0.6) is 5.75 Å². The second-order valence-electron chi connectivity index (χ2n) is 7.82. The summed E-state index contributed by atoms with van der Waals surface area (Å²) in [5.74, 6) is -0.699. The van der Waals surface area contributed by atoms with Crippen molar-refractivity contribution in [3.63, 3.8) is 0 Å². The van der Waals surface area contributed by atoms with Crippen LogP contribution in [0.4, 0.5) is 0 Å². The van der Waals surface area contributed by atoms with Gasteiger partial charge in [-0.3, -0.25) is 9.59 Å². The predicted molar refractivity (Wildman–Crippen MR) is 139 cm³/mol. The van der Waals surface area contributed by atoms with Crippen LogP contribution >= 0.6 is 34.8 Å². The summed E-state index contributed by atoms with van der Waals surface area (Å²) in [5.41, 5.74) is 1.63. The summed E-state index contributed by atoms with van der Waals surface area (Å²) in [4.78, 5) is 26.1. The maximum Gasteiger partial charge on any atom is 0.264 e. The van der Waals surface area contributed by atoms with Gasteiger partial charge in [-0.1, -0.05) is 77.3 Å². The molecule has 0 heterocycles. The summed E-state index contributed by atoms with van der Waals surface area (Å²) < 4.78 is 5.50. The van der Waals surface area contributed by atoms with Crippen molar-refractivity contribution in [1.82, 2.24) is 15.3 Å². The molecule has 0 unspecified atom stereocenters. The highest BCUT2D eigenvalue weighted by molar-refractivity contribution is 6.35. The zero-order chi connectivity index (χ0) is 26.1. The number of hydrogen-bond donors (Lipinski definition) is 1. The lowest BCUT2D eigenvalue weighted by atomic mass is 10.1. The Morgan fingerprint density at radius 2 is 1.64 bits per heavy atom. The Morgan fingerprint density at radius 1 is 0.972 bits per heavy atom. The maximum absolute atomic E-state index is 13.4. The number of benzene rings is 3. The van der Waals surface area contributed by atoms with Gasteiger partial charge in [0, 0.05) is 23.5 Å². The minimum absolute atomic E-state index is 0.153. The summed E-state index contributed by atoms with van der Waals surface area (Å²) in [6, 6.07) is 19.9. The number of carbonyl (C=O) groups excluding carboxylic acids is 2. The first kappa shape index (κ1) is 27.2. The van der Waals surface area contributed by atoms with E-state index in [-0.39, 0.29) is 30.3 Å². The van der Waals surface area contributed by atoms with Gasteiger partial charge in [0.1, 0.15) is 11.8 Å². The molecule has 1 atom stereocenters. The van der Waals surface area contributed by atoms with E-state index in [0.29, 0.717) is 10.0 Å². The van der Waals surface area contributed by atoms with Crippen LogP contribution in [0, 0.1) is 11.5 Å². The molecule has 186 valence electrons. The third-order valence-corrected chi connectivity index (χ3v) is 5.99. The Morgan fingerprint density at radius 3 is 2.28 bits per heavy atom. The summed E-state index contributed by atoms with van der Waals surface area (Å²) in [6.07, 6.45) is 2.24. The molecule has 0 bridgehead atoms. The fourth-order valence-corrected chi connectivity index (χ4v) is 3.93. The Bertz CT molecular complexity index is 1230. The highest BCUT2D eigenvalue weighted by Gasteiger charge is 2.28. The van der Waals surface area contributed by atoms with Gasteiger partial charge < -0.3 is 10.1 Å². The Kier molecular flexibility index (Phi) is 9.83. The first-order chi connectivity index (χ1) is 17.3. The molecule has 3 aromatic carbocycles. The Labute approximate surface area is 224 Å². The summed E-state index contributed by atoms with van der Waals surface area (Å²) in [7, 11) is 1.48. The van der Waals surface area contributed by atoms with Gasteiger partial charge in [-0.2, -0.15) is 5.26 Å². The highest BCUT2D eigenvalue weighted by Crippen LogP contribution is 2.27. The summed E-state index contributed by atoms with van der Waals surface area (Å²) in [5, 5.41) is 16.1. The quantitative estimate of drug-likeness (QED) is 0.217. The van der Waals surface area contributed by atoms with Crippen molar-refractivity contribution in [3.05, 3.63) is 99.0 Å². The van der Waals surface area contributed by atoms with Crippen molar-refractivity contribution >= 4 is 46.6 Å². The molecule has 1 N–H and O–H groups in total. The molecule has 0 saturated heterocycles.